The van der Waals surface area contributed by atoms with Crippen LogP contribution in [0.4, 0.5) is 5.69 Å². The second-order valence-corrected chi connectivity index (χ2v) is 7.46. The molecule has 0 aliphatic carbocycles. The van der Waals surface area contributed by atoms with Gasteiger partial charge >= 0.3 is 5.69 Å². The summed E-state index contributed by atoms with van der Waals surface area (Å²) in [5, 5.41) is 24.8. The van der Waals surface area contributed by atoms with Crippen LogP contribution in [0.5, 0.6) is 0 Å². The predicted octanol–water partition coefficient (Wildman–Crippen LogP) is 0.373. The largest absolute Gasteiger partial charge is 0.394 e. The second kappa shape index (κ2) is 8.06. The lowest BCUT2D eigenvalue weighted by atomic mass is 10.0. The summed E-state index contributed by atoms with van der Waals surface area (Å²) < 4.78 is 6.69. The molecule has 4 rings (SSSR count). The molecule has 162 valence electrons. The van der Waals surface area contributed by atoms with Crippen LogP contribution < -0.4 is 16.3 Å². The molecule has 1 saturated heterocycles. The maximum Gasteiger partial charge on any atom is 0.330 e. The van der Waals surface area contributed by atoms with Gasteiger partial charge in [0.15, 0.2) is 0 Å². The molecule has 10 nitrogen and oxygen atoms in total. The molecule has 0 unspecified atom stereocenters. The van der Waals surface area contributed by atoms with Gasteiger partial charge in [-0.25, -0.2) is 4.79 Å². The number of ether oxygens (including phenoxy) is 1. The molecule has 1 aromatic carbocycles. The highest BCUT2D eigenvalue weighted by Gasteiger charge is 2.36. The van der Waals surface area contributed by atoms with Crippen molar-refractivity contribution in [2.75, 3.05) is 11.6 Å². The fourth-order valence-electron chi connectivity index (χ4n) is 3.83. The summed E-state index contributed by atoms with van der Waals surface area (Å²) in [7, 11) is 0. The Labute approximate surface area is 176 Å². The van der Waals surface area contributed by atoms with Crippen molar-refractivity contribution in [2.24, 2.45) is 5.10 Å². The van der Waals surface area contributed by atoms with Gasteiger partial charge < -0.3 is 14.9 Å². The quantitative estimate of drug-likeness (QED) is 0.604. The van der Waals surface area contributed by atoms with E-state index in [1.165, 1.54) is 11.2 Å². The third-order valence-corrected chi connectivity index (χ3v) is 5.46. The first kappa shape index (κ1) is 20.9. The van der Waals surface area contributed by atoms with Crippen LogP contribution in [-0.2, 0) is 9.53 Å². The Morgan fingerprint density at radius 1 is 1.26 bits per heavy atom. The third kappa shape index (κ3) is 3.65. The molecule has 31 heavy (non-hydrogen) atoms. The molecule has 10 heteroatoms. The lowest BCUT2D eigenvalue weighted by Crippen LogP contribution is -2.34. The van der Waals surface area contributed by atoms with Crippen LogP contribution in [0.1, 0.15) is 32.1 Å². The summed E-state index contributed by atoms with van der Waals surface area (Å²) in [6.07, 6.45) is -1.23. The number of aromatic amines is 1. The van der Waals surface area contributed by atoms with Crippen molar-refractivity contribution >= 4 is 22.9 Å². The Hall–Kier alpha value is -3.34. The number of aliphatic hydroxyl groups is 2. The molecular weight excluding hydrogens is 404 g/mol. The summed E-state index contributed by atoms with van der Waals surface area (Å²) >= 11 is 0. The van der Waals surface area contributed by atoms with Gasteiger partial charge in [0.1, 0.15) is 12.3 Å². The first-order chi connectivity index (χ1) is 14.8. The van der Waals surface area contributed by atoms with Crippen LogP contribution >= 0.6 is 0 Å². The SMILES string of the molecule is CC1=NN(c2ccccc2)C(=O)/C1=C(\C)c1cn([C@H]2C[C@H](O)[C@@H](CO)O2)c(=O)[nH]c1=O. The van der Waals surface area contributed by atoms with Crippen molar-refractivity contribution in [3.8, 4) is 0 Å². The molecule has 3 heterocycles. The number of aliphatic hydroxyl groups excluding tert-OH is 2. The minimum Gasteiger partial charge on any atom is -0.394 e. The van der Waals surface area contributed by atoms with Crippen LogP contribution in [0.3, 0.4) is 0 Å². The Bertz CT molecular complexity index is 1200. The van der Waals surface area contributed by atoms with E-state index in [2.05, 4.69) is 10.1 Å². The zero-order valence-electron chi connectivity index (χ0n) is 17.0. The van der Waals surface area contributed by atoms with Crippen LogP contribution in [0.2, 0.25) is 0 Å². The summed E-state index contributed by atoms with van der Waals surface area (Å²) in [6, 6.07) is 8.91. The first-order valence-electron chi connectivity index (χ1n) is 9.78. The molecule has 0 saturated carbocycles. The van der Waals surface area contributed by atoms with Crippen LogP contribution in [0.15, 0.2) is 56.8 Å². The van der Waals surface area contributed by atoms with E-state index in [9.17, 15) is 24.6 Å². The molecule has 3 atom stereocenters. The second-order valence-electron chi connectivity index (χ2n) is 7.46. The number of aromatic nitrogens is 2. The lowest BCUT2D eigenvalue weighted by Gasteiger charge is -2.16. The smallest absolute Gasteiger partial charge is 0.330 e. The van der Waals surface area contributed by atoms with Gasteiger partial charge in [0.25, 0.3) is 11.5 Å². The molecule has 1 amide bonds. The van der Waals surface area contributed by atoms with E-state index < -0.39 is 36.3 Å². The highest BCUT2D eigenvalue weighted by molar-refractivity contribution is 6.33. The molecule has 3 N–H and O–H groups in total. The molecule has 0 spiro atoms. The number of para-hydroxylation sites is 1. The van der Waals surface area contributed by atoms with Crippen molar-refractivity contribution < 1.29 is 19.7 Å². The van der Waals surface area contributed by atoms with Gasteiger partial charge in [0.05, 0.1) is 35.2 Å². The monoisotopic (exact) mass is 426 g/mol. The number of amides is 1. The fraction of sp³-hybridized carbons (Fsp3) is 0.333. The fourth-order valence-corrected chi connectivity index (χ4v) is 3.83. The number of H-pyrrole nitrogens is 1. The Morgan fingerprint density at radius 2 is 1.97 bits per heavy atom. The van der Waals surface area contributed by atoms with Gasteiger partial charge in [-0.05, 0) is 31.6 Å². The highest BCUT2D eigenvalue weighted by Crippen LogP contribution is 2.30. The van der Waals surface area contributed by atoms with Gasteiger partial charge in [-0.15, -0.1) is 0 Å². The molecule has 2 aromatic rings. The van der Waals surface area contributed by atoms with Crippen molar-refractivity contribution in [3.63, 3.8) is 0 Å². The summed E-state index contributed by atoms with van der Waals surface area (Å²) in [4.78, 5) is 40.2. The lowest BCUT2D eigenvalue weighted by molar-refractivity contribution is -0.114. The Kier molecular flexibility index (Phi) is 5.44. The maximum absolute atomic E-state index is 13.1. The van der Waals surface area contributed by atoms with Gasteiger partial charge in [-0.3, -0.25) is 19.1 Å². The Morgan fingerprint density at radius 3 is 2.61 bits per heavy atom. The normalized spacial score (nSPS) is 25.2. The number of anilines is 1. The predicted molar refractivity (Wildman–Crippen MR) is 113 cm³/mol. The topological polar surface area (TPSA) is 137 Å². The van der Waals surface area contributed by atoms with Crippen LogP contribution in [-0.4, -0.2) is 50.2 Å². The number of allylic oxidation sites excluding steroid dienone is 1. The maximum atomic E-state index is 13.1. The summed E-state index contributed by atoms with van der Waals surface area (Å²) in [5.74, 6) is -0.383. The van der Waals surface area contributed by atoms with Gasteiger partial charge in [0, 0.05) is 12.6 Å². The number of carbonyl (C=O) groups excluding carboxylic acids is 1. The molecule has 1 aromatic heterocycles. The van der Waals surface area contributed by atoms with E-state index in [0.717, 1.165) is 4.57 Å². The number of hydrazone groups is 1. The van der Waals surface area contributed by atoms with Crippen molar-refractivity contribution in [3.05, 3.63) is 68.5 Å². The van der Waals surface area contributed by atoms with Crippen LogP contribution in [0.25, 0.3) is 5.57 Å². The van der Waals surface area contributed by atoms with E-state index >= 15 is 0 Å². The minimum absolute atomic E-state index is 0.0768. The number of hydrogen-bond donors (Lipinski definition) is 3. The van der Waals surface area contributed by atoms with E-state index in [-0.39, 0.29) is 23.5 Å². The Balaban J connectivity index is 1.75. The first-order valence-corrected chi connectivity index (χ1v) is 9.78. The van der Waals surface area contributed by atoms with Gasteiger partial charge in [-0.2, -0.15) is 10.1 Å². The number of nitrogens with one attached hydrogen (secondary N) is 1. The molecular formula is C21H22N4O6. The highest BCUT2D eigenvalue weighted by atomic mass is 16.5. The molecule has 2 aliphatic rings. The number of hydrogen-bond acceptors (Lipinski definition) is 7. The van der Waals surface area contributed by atoms with E-state index in [4.69, 9.17) is 4.74 Å². The van der Waals surface area contributed by atoms with E-state index in [1.54, 1.807) is 38.1 Å². The van der Waals surface area contributed by atoms with Crippen molar-refractivity contribution in [1.29, 1.82) is 0 Å². The summed E-state index contributed by atoms with van der Waals surface area (Å²) in [5.41, 5.74) is 0.405. The van der Waals surface area contributed by atoms with E-state index in [1.807, 2.05) is 6.07 Å². The van der Waals surface area contributed by atoms with Gasteiger partial charge in [0.2, 0.25) is 0 Å². The number of nitrogens with zero attached hydrogens (tertiary/aromatic N) is 3. The average Bonchev–Trinajstić information content (AvgIpc) is 3.26. The summed E-state index contributed by atoms with van der Waals surface area (Å²) in [6.45, 7) is 2.89. The minimum atomic E-state index is -0.943. The third-order valence-electron chi connectivity index (χ3n) is 5.46. The number of rotatable bonds is 4. The van der Waals surface area contributed by atoms with Crippen LogP contribution in [0, 0.1) is 0 Å². The molecule has 0 bridgehead atoms. The molecule has 1 fully saturated rings. The van der Waals surface area contributed by atoms with Crippen molar-refractivity contribution in [2.45, 2.75) is 38.7 Å². The number of carbonyl (C=O) groups is 1. The molecule has 2 aliphatic heterocycles. The van der Waals surface area contributed by atoms with E-state index in [0.29, 0.717) is 17.0 Å². The molecule has 0 radical (unpaired) electrons. The zero-order valence-corrected chi connectivity index (χ0v) is 17.0. The average molecular weight is 426 g/mol. The van der Waals surface area contributed by atoms with Gasteiger partial charge in [-0.1, -0.05) is 18.2 Å². The number of benzene rings is 1. The zero-order chi connectivity index (χ0) is 22.3. The van der Waals surface area contributed by atoms with Crippen molar-refractivity contribution in [1.82, 2.24) is 9.55 Å². The standard InChI is InChI=1S/C21H22N4O6/c1-11(18-12(2)23-25(20(18)29)13-6-4-3-5-7-13)14-9-24(21(30)22-19(14)28)17-8-15(27)16(10-26)31-17/h3-7,9,15-17,26-27H,8,10H2,1-2H3,(H,22,28,30)/b18-11+/t15-,16+,17+/m0/s1.